The Labute approximate surface area is 241 Å². The van der Waals surface area contributed by atoms with Crippen LogP contribution in [0.25, 0.3) is 10.9 Å². The molecule has 14 heteroatoms. The van der Waals surface area contributed by atoms with Crippen molar-refractivity contribution in [2.75, 3.05) is 52.3 Å². The molecule has 0 N–H and O–H groups in total. The Morgan fingerprint density at radius 2 is 1.92 bits per heavy atom. The molecular formula is C24H28BrFIN5O6. The van der Waals surface area contributed by atoms with E-state index in [1.165, 1.54) is 12.0 Å². The Morgan fingerprint density at radius 1 is 1.32 bits per heavy atom. The number of hydrogen-bond donors (Lipinski definition) is 0. The maximum Gasteiger partial charge on any atom is 0.410 e. The number of likely N-dealkylation sites (tertiary alicyclic amines) is 1. The number of benzene rings is 1. The van der Waals surface area contributed by atoms with Crippen LogP contribution in [0.5, 0.6) is 0 Å². The van der Waals surface area contributed by atoms with Gasteiger partial charge in [-0.25, -0.2) is 14.2 Å². The van der Waals surface area contributed by atoms with Crippen LogP contribution < -0.4 is 4.90 Å². The third-order valence-electron chi connectivity index (χ3n) is 6.77. The molecule has 0 spiro atoms. The zero-order valence-corrected chi connectivity index (χ0v) is 25.5. The third kappa shape index (κ3) is 4.78. The number of amides is 1. The van der Waals surface area contributed by atoms with Gasteiger partial charge in [-0.15, -0.1) is 0 Å². The van der Waals surface area contributed by atoms with E-state index in [-0.39, 0.29) is 45.9 Å². The zero-order valence-electron chi connectivity index (χ0n) is 21.8. The van der Waals surface area contributed by atoms with Crippen molar-refractivity contribution in [3.05, 3.63) is 35.6 Å². The number of nitro groups is 1. The summed E-state index contributed by atoms with van der Waals surface area (Å²) >= 11 is 5.14. The van der Waals surface area contributed by atoms with Gasteiger partial charge >= 0.3 is 17.7 Å². The van der Waals surface area contributed by atoms with Crippen LogP contribution in [0.3, 0.4) is 0 Å². The van der Waals surface area contributed by atoms with Crippen LogP contribution in [-0.2, 0) is 19.7 Å². The summed E-state index contributed by atoms with van der Waals surface area (Å²) in [6.07, 6.45) is -0.668. The number of rotatable bonds is 5. The lowest BCUT2D eigenvalue weighted by Crippen LogP contribution is -2.66. The minimum Gasteiger partial charge on any atom is -0.468 e. The normalized spacial score (nSPS) is 17.3. The Balaban J connectivity index is 1.97. The highest BCUT2D eigenvalue weighted by molar-refractivity contribution is 14.1. The molecule has 2 aliphatic rings. The van der Waals surface area contributed by atoms with Crippen LogP contribution in [0.2, 0.25) is 0 Å². The highest BCUT2D eigenvalue weighted by Gasteiger charge is 2.59. The van der Waals surface area contributed by atoms with Gasteiger partial charge < -0.3 is 24.2 Å². The monoisotopic (exact) mass is 707 g/mol. The fourth-order valence-corrected chi connectivity index (χ4v) is 5.61. The molecule has 206 valence electrons. The van der Waals surface area contributed by atoms with Gasteiger partial charge in [0.1, 0.15) is 16.5 Å². The van der Waals surface area contributed by atoms with Gasteiger partial charge in [-0.1, -0.05) is 0 Å². The van der Waals surface area contributed by atoms with Crippen molar-refractivity contribution in [1.29, 1.82) is 0 Å². The molecule has 1 aromatic heterocycles. The SMILES string of the molecule is COC(=O)C1(c2c([N+](=O)[O-])c(N3CC(N(C)C)C3)nc3c(F)c(Br)c(I)cc23)CN(C(=O)OC(C)(C)C)C1. The smallest absolute Gasteiger partial charge is 0.410 e. The summed E-state index contributed by atoms with van der Waals surface area (Å²) in [5.74, 6) is -1.49. The number of aromatic nitrogens is 1. The lowest BCUT2D eigenvalue weighted by atomic mass is 9.71. The number of fused-ring (bicyclic) bond motifs is 1. The molecule has 1 amide bonds. The van der Waals surface area contributed by atoms with E-state index >= 15 is 4.39 Å². The van der Waals surface area contributed by atoms with Crippen molar-refractivity contribution in [3.8, 4) is 0 Å². The Hall–Kier alpha value is -2.33. The summed E-state index contributed by atoms with van der Waals surface area (Å²) in [6, 6.07) is 1.69. The van der Waals surface area contributed by atoms with Gasteiger partial charge in [-0.2, -0.15) is 0 Å². The van der Waals surface area contributed by atoms with E-state index in [2.05, 4.69) is 20.9 Å². The number of methoxy groups -OCH3 is 1. The Bertz CT molecular complexity index is 1340. The second-order valence-corrected chi connectivity index (χ2v) is 12.7. The van der Waals surface area contributed by atoms with Crippen molar-refractivity contribution in [1.82, 2.24) is 14.8 Å². The molecule has 0 atom stereocenters. The number of carbonyl (C=O) groups excluding carboxylic acids is 2. The van der Waals surface area contributed by atoms with Crippen LogP contribution in [-0.4, -0.2) is 90.8 Å². The first-order valence-corrected chi connectivity index (χ1v) is 13.6. The van der Waals surface area contributed by atoms with E-state index in [0.717, 1.165) is 0 Å². The maximum atomic E-state index is 15.6. The van der Waals surface area contributed by atoms with Gasteiger partial charge in [-0.3, -0.25) is 14.9 Å². The first kappa shape index (κ1) is 28.7. The third-order valence-corrected chi connectivity index (χ3v) is 9.14. The number of hydrogen-bond acceptors (Lipinski definition) is 9. The van der Waals surface area contributed by atoms with E-state index in [1.807, 2.05) is 41.6 Å². The van der Waals surface area contributed by atoms with Crippen molar-refractivity contribution in [2.45, 2.75) is 37.8 Å². The average Bonchev–Trinajstić information content (AvgIpc) is 2.74. The summed E-state index contributed by atoms with van der Waals surface area (Å²) in [5.41, 5.74) is -2.94. The molecule has 1 aromatic carbocycles. The highest BCUT2D eigenvalue weighted by atomic mass is 127. The van der Waals surface area contributed by atoms with Crippen LogP contribution in [0.15, 0.2) is 10.5 Å². The van der Waals surface area contributed by atoms with Crippen LogP contribution >= 0.6 is 38.5 Å². The molecule has 3 heterocycles. The van der Waals surface area contributed by atoms with Crippen molar-refractivity contribution < 1.29 is 28.4 Å². The Morgan fingerprint density at radius 3 is 2.42 bits per heavy atom. The quantitative estimate of drug-likeness (QED) is 0.149. The first-order valence-electron chi connectivity index (χ1n) is 11.7. The molecule has 2 saturated heterocycles. The van der Waals surface area contributed by atoms with Gasteiger partial charge in [-0.05, 0) is 79.5 Å². The topological polar surface area (TPSA) is 118 Å². The largest absolute Gasteiger partial charge is 0.468 e. The molecule has 0 radical (unpaired) electrons. The van der Waals surface area contributed by atoms with E-state index in [0.29, 0.717) is 16.7 Å². The summed E-state index contributed by atoms with van der Waals surface area (Å²) in [4.78, 5) is 47.6. The molecule has 0 unspecified atom stereocenters. The van der Waals surface area contributed by atoms with Crippen LogP contribution in [0.1, 0.15) is 26.3 Å². The van der Waals surface area contributed by atoms with Crippen LogP contribution in [0.4, 0.5) is 20.7 Å². The molecule has 2 fully saturated rings. The van der Waals surface area contributed by atoms with Crippen molar-refractivity contribution >= 4 is 73.0 Å². The zero-order chi connectivity index (χ0) is 28.3. The first-order chi connectivity index (χ1) is 17.6. The molecule has 38 heavy (non-hydrogen) atoms. The Kier molecular flexibility index (Phi) is 7.55. The van der Waals surface area contributed by atoms with Crippen LogP contribution in [0, 0.1) is 19.5 Å². The predicted molar refractivity (Wildman–Crippen MR) is 150 cm³/mol. The number of nitrogens with zero attached hydrogens (tertiary/aromatic N) is 5. The lowest BCUT2D eigenvalue weighted by molar-refractivity contribution is -0.385. The van der Waals surface area contributed by atoms with E-state index < -0.39 is 39.5 Å². The molecule has 2 aromatic rings. The van der Waals surface area contributed by atoms with E-state index in [4.69, 9.17) is 9.47 Å². The molecule has 0 aliphatic carbocycles. The number of pyridine rings is 1. The molecule has 0 bridgehead atoms. The second-order valence-electron chi connectivity index (χ2n) is 10.7. The molecule has 0 saturated carbocycles. The molecular weight excluding hydrogens is 680 g/mol. The van der Waals surface area contributed by atoms with E-state index in [9.17, 15) is 19.7 Å². The fraction of sp³-hybridized carbons (Fsp3) is 0.542. The minimum atomic E-state index is -1.63. The molecule has 4 rings (SSSR count). The number of ether oxygens (including phenoxy) is 2. The fourth-order valence-electron chi connectivity index (χ4n) is 4.76. The standard InChI is InChI=1S/C24H28BrFIN5O6/c1-23(2,3)38-22(34)31-10-24(11-31,21(33)37-6)15-13-7-14(27)16(25)17(26)18(13)28-20(19(15)32(35)36)30-8-12(9-30)29(4)5/h7,12H,8-11H2,1-6H3. The number of likely N-dealkylation sites (N-methyl/N-ethyl adjacent to an activating group) is 1. The number of carbonyl (C=O) groups is 2. The summed E-state index contributed by atoms with van der Waals surface area (Å²) in [5, 5.41) is 12.8. The second kappa shape index (κ2) is 10.0. The summed E-state index contributed by atoms with van der Waals surface area (Å²) in [7, 11) is 4.98. The van der Waals surface area contributed by atoms with Gasteiger partial charge in [0.15, 0.2) is 5.82 Å². The van der Waals surface area contributed by atoms with Gasteiger partial charge in [0.2, 0.25) is 5.82 Å². The summed E-state index contributed by atoms with van der Waals surface area (Å²) < 4.78 is 26.8. The lowest BCUT2D eigenvalue weighted by Gasteiger charge is -2.48. The van der Waals surface area contributed by atoms with Crippen molar-refractivity contribution in [2.24, 2.45) is 0 Å². The predicted octanol–water partition coefficient (Wildman–Crippen LogP) is 4.06. The van der Waals surface area contributed by atoms with Crippen molar-refractivity contribution in [3.63, 3.8) is 0 Å². The van der Waals surface area contributed by atoms with Gasteiger partial charge in [0, 0.05) is 41.2 Å². The van der Waals surface area contributed by atoms with Gasteiger partial charge in [0.25, 0.3) is 0 Å². The van der Waals surface area contributed by atoms with E-state index in [1.54, 1.807) is 31.7 Å². The molecule has 11 nitrogen and oxygen atoms in total. The summed E-state index contributed by atoms with van der Waals surface area (Å²) in [6.45, 7) is 5.54. The number of esters is 1. The average molecular weight is 708 g/mol. The maximum absolute atomic E-state index is 15.6. The number of anilines is 1. The minimum absolute atomic E-state index is 0.0215. The highest BCUT2D eigenvalue weighted by Crippen LogP contribution is 2.49. The van der Waals surface area contributed by atoms with Gasteiger partial charge in [0.05, 0.1) is 22.1 Å². The number of halogens is 3. The molecule has 2 aliphatic heterocycles.